The fourth-order valence-electron chi connectivity index (χ4n) is 2.78. The highest BCUT2D eigenvalue weighted by Crippen LogP contribution is 2.30. The number of amides is 2. The Morgan fingerprint density at radius 3 is 2.50 bits per heavy atom. The highest BCUT2D eigenvalue weighted by Gasteiger charge is 2.27. The van der Waals surface area contributed by atoms with Crippen molar-refractivity contribution in [3.63, 3.8) is 0 Å². The van der Waals surface area contributed by atoms with Gasteiger partial charge in [0.2, 0.25) is 11.8 Å². The van der Waals surface area contributed by atoms with Crippen LogP contribution in [0.3, 0.4) is 0 Å². The van der Waals surface area contributed by atoms with Crippen molar-refractivity contribution in [1.82, 2.24) is 0 Å². The van der Waals surface area contributed by atoms with Gasteiger partial charge in [-0.15, -0.1) is 0 Å². The number of carbonyl (C=O) groups excluding carboxylic acids is 2. The zero-order chi connectivity index (χ0) is 17.3. The molecule has 1 unspecified atom stereocenters. The number of benzene rings is 2. The summed E-state index contributed by atoms with van der Waals surface area (Å²) in [6.45, 7) is 5.99. The van der Waals surface area contributed by atoms with Crippen LogP contribution in [0.2, 0.25) is 0 Å². The third kappa shape index (κ3) is 3.40. The predicted octanol–water partition coefficient (Wildman–Crippen LogP) is 3.37. The Labute approximate surface area is 141 Å². The first kappa shape index (κ1) is 16.1. The third-order valence-electron chi connectivity index (χ3n) is 4.23. The van der Waals surface area contributed by atoms with Gasteiger partial charge in [0.15, 0.2) is 0 Å². The fraction of sp³-hybridized carbons (Fsp3) is 0.263. The Balaban J connectivity index is 1.70. The Morgan fingerprint density at radius 1 is 1.08 bits per heavy atom. The van der Waals surface area contributed by atoms with Gasteiger partial charge < -0.3 is 16.0 Å². The number of carbonyl (C=O) groups is 2. The molecule has 0 saturated heterocycles. The molecule has 3 N–H and O–H groups in total. The van der Waals surface area contributed by atoms with E-state index in [1.807, 2.05) is 57.2 Å². The minimum absolute atomic E-state index is 0.0755. The van der Waals surface area contributed by atoms with Gasteiger partial charge in [-0.2, -0.15) is 0 Å². The van der Waals surface area contributed by atoms with Gasteiger partial charge in [0, 0.05) is 5.69 Å². The molecule has 1 aliphatic rings. The van der Waals surface area contributed by atoms with E-state index >= 15 is 0 Å². The normalized spacial score (nSPS) is 16.0. The summed E-state index contributed by atoms with van der Waals surface area (Å²) in [6, 6.07) is 10.9. The van der Waals surface area contributed by atoms with Crippen LogP contribution in [0.1, 0.15) is 23.1 Å². The molecule has 1 heterocycles. The molecule has 5 heteroatoms. The first-order valence-corrected chi connectivity index (χ1v) is 7.97. The second-order valence-corrected chi connectivity index (χ2v) is 6.29. The predicted molar refractivity (Wildman–Crippen MR) is 96.4 cm³/mol. The summed E-state index contributed by atoms with van der Waals surface area (Å²) >= 11 is 0. The quantitative estimate of drug-likeness (QED) is 0.811. The molecule has 1 aliphatic heterocycles. The van der Waals surface area contributed by atoms with E-state index in [2.05, 4.69) is 16.0 Å². The minimum Gasteiger partial charge on any atom is -0.372 e. The Kier molecular flexibility index (Phi) is 4.25. The minimum atomic E-state index is -0.579. The molecule has 0 fully saturated rings. The molecule has 0 spiro atoms. The molecular formula is C19H21N3O2. The van der Waals surface area contributed by atoms with Crippen LogP contribution in [-0.4, -0.2) is 17.9 Å². The maximum Gasteiger partial charge on any atom is 0.247 e. The lowest BCUT2D eigenvalue weighted by molar-refractivity contribution is -0.122. The fourth-order valence-corrected chi connectivity index (χ4v) is 2.78. The Morgan fingerprint density at radius 2 is 1.79 bits per heavy atom. The molecule has 5 nitrogen and oxygen atoms in total. The largest absolute Gasteiger partial charge is 0.372 e. The van der Waals surface area contributed by atoms with Crippen molar-refractivity contribution in [2.75, 3.05) is 16.0 Å². The Hall–Kier alpha value is -2.82. The van der Waals surface area contributed by atoms with Crippen molar-refractivity contribution in [2.45, 2.75) is 33.2 Å². The zero-order valence-corrected chi connectivity index (χ0v) is 14.1. The topological polar surface area (TPSA) is 70.2 Å². The molecule has 2 aromatic carbocycles. The maximum absolute atomic E-state index is 12.2. The third-order valence-corrected chi connectivity index (χ3v) is 4.23. The molecule has 1 atom stereocenters. The lowest BCUT2D eigenvalue weighted by Crippen LogP contribution is -2.41. The van der Waals surface area contributed by atoms with Gasteiger partial charge in [-0.05, 0) is 61.7 Å². The van der Waals surface area contributed by atoms with Crippen LogP contribution in [0.5, 0.6) is 0 Å². The molecule has 0 bridgehead atoms. The summed E-state index contributed by atoms with van der Waals surface area (Å²) in [5.74, 6) is -0.384. The second kappa shape index (κ2) is 6.35. The van der Waals surface area contributed by atoms with Gasteiger partial charge in [-0.25, -0.2) is 0 Å². The summed E-state index contributed by atoms with van der Waals surface area (Å²) in [6.07, 6.45) is 0.0755. The van der Waals surface area contributed by atoms with Crippen LogP contribution in [0.4, 0.5) is 17.1 Å². The lowest BCUT2D eigenvalue weighted by atomic mass is 10.0. The van der Waals surface area contributed by atoms with Crippen molar-refractivity contribution in [1.29, 1.82) is 0 Å². The zero-order valence-electron chi connectivity index (χ0n) is 14.1. The van der Waals surface area contributed by atoms with E-state index in [4.69, 9.17) is 0 Å². The number of aryl methyl sites for hydroxylation is 3. The van der Waals surface area contributed by atoms with Crippen molar-refractivity contribution in [3.05, 3.63) is 53.1 Å². The molecule has 24 heavy (non-hydrogen) atoms. The number of hydrogen-bond donors (Lipinski definition) is 3. The number of nitrogens with one attached hydrogen (secondary N) is 3. The Bertz CT molecular complexity index is 814. The van der Waals surface area contributed by atoms with E-state index in [1.165, 1.54) is 0 Å². The van der Waals surface area contributed by atoms with Crippen molar-refractivity contribution in [3.8, 4) is 0 Å². The number of anilines is 3. The van der Waals surface area contributed by atoms with Gasteiger partial charge in [-0.3, -0.25) is 9.59 Å². The molecule has 0 saturated carbocycles. The van der Waals surface area contributed by atoms with Gasteiger partial charge in [0.1, 0.15) is 6.04 Å². The van der Waals surface area contributed by atoms with E-state index in [0.29, 0.717) is 0 Å². The van der Waals surface area contributed by atoms with Gasteiger partial charge >= 0.3 is 0 Å². The molecule has 3 rings (SSSR count). The standard InChI is InChI=1S/C19H21N3O2/c1-11-5-4-6-14(7-11)20-18(23)10-17-19(24)22-16-9-13(3)12(2)8-15(16)21-17/h4-9,17,21H,10H2,1-3H3,(H,20,23)(H,22,24). The first-order chi connectivity index (χ1) is 11.4. The average molecular weight is 323 g/mol. The van der Waals surface area contributed by atoms with E-state index in [9.17, 15) is 9.59 Å². The van der Waals surface area contributed by atoms with Gasteiger partial charge in [0.25, 0.3) is 0 Å². The van der Waals surface area contributed by atoms with Crippen LogP contribution in [0.25, 0.3) is 0 Å². The summed E-state index contributed by atoms with van der Waals surface area (Å²) in [5, 5.41) is 8.88. The van der Waals surface area contributed by atoms with Crippen molar-refractivity contribution < 1.29 is 9.59 Å². The molecule has 2 aromatic rings. The van der Waals surface area contributed by atoms with Crippen LogP contribution in [0.15, 0.2) is 36.4 Å². The summed E-state index contributed by atoms with van der Waals surface area (Å²) in [4.78, 5) is 24.5. The monoisotopic (exact) mass is 323 g/mol. The first-order valence-electron chi connectivity index (χ1n) is 7.97. The molecular weight excluding hydrogens is 302 g/mol. The van der Waals surface area contributed by atoms with Crippen LogP contribution >= 0.6 is 0 Å². The van der Waals surface area contributed by atoms with E-state index in [-0.39, 0.29) is 18.2 Å². The van der Waals surface area contributed by atoms with Crippen LogP contribution in [0, 0.1) is 20.8 Å². The molecule has 124 valence electrons. The molecule has 2 amide bonds. The van der Waals surface area contributed by atoms with E-state index < -0.39 is 6.04 Å². The molecule has 0 aliphatic carbocycles. The maximum atomic E-state index is 12.2. The van der Waals surface area contributed by atoms with Crippen LogP contribution in [-0.2, 0) is 9.59 Å². The van der Waals surface area contributed by atoms with Gasteiger partial charge in [0.05, 0.1) is 17.8 Å². The molecule has 0 radical (unpaired) electrons. The number of hydrogen-bond acceptors (Lipinski definition) is 3. The summed E-state index contributed by atoms with van der Waals surface area (Å²) < 4.78 is 0. The summed E-state index contributed by atoms with van der Waals surface area (Å²) in [5.41, 5.74) is 5.68. The second-order valence-electron chi connectivity index (χ2n) is 6.29. The average Bonchev–Trinajstić information content (AvgIpc) is 2.50. The highest BCUT2D eigenvalue weighted by atomic mass is 16.2. The number of rotatable bonds is 3. The molecule has 0 aromatic heterocycles. The van der Waals surface area contributed by atoms with E-state index in [1.54, 1.807) is 0 Å². The number of fused-ring (bicyclic) bond motifs is 1. The SMILES string of the molecule is Cc1cccc(NC(=O)CC2Nc3cc(C)c(C)cc3NC2=O)c1. The van der Waals surface area contributed by atoms with Gasteiger partial charge in [-0.1, -0.05) is 12.1 Å². The van der Waals surface area contributed by atoms with E-state index in [0.717, 1.165) is 33.8 Å². The van der Waals surface area contributed by atoms with Crippen LogP contribution < -0.4 is 16.0 Å². The van der Waals surface area contributed by atoms with Crippen molar-refractivity contribution in [2.24, 2.45) is 0 Å². The lowest BCUT2D eigenvalue weighted by Gasteiger charge is -2.27. The summed E-state index contributed by atoms with van der Waals surface area (Å²) in [7, 11) is 0. The smallest absolute Gasteiger partial charge is 0.247 e. The van der Waals surface area contributed by atoms with Crippen molar-refractivity contribution >= 4 is 28.9 Å². The highest BCUT2D eigenvalue weighted by molar-refractivity contribution is 6.06.